The van der Waals surface area contributed by atoms with Gasteiger partial charge < -0.3 is 10.1 Å². The Hall–Kier alpha value is -1.29. The van der Waals surface area contributed by atoms with E-state index in [0.29, 0.717) is 30.9 Å². The van der Waals surface area contributed by atoms with E-state index in [2.05, 4.69) is 5.32 Å². The van der Waals surface area contributed by atoms with Gasteiger partial charge in [-0.1, -0.05) is 11.6 Å². The SMILES string of the molecule is O=Cc1c(F)c(Cl)cc2c1NCCO2. The zero-order valence-electron chi connectivity index (χ0n) is 7.14. The van der Waals surface area contributed by atoms with E-state index in [-0.39, 0.29) is 10.6 Å². The van der Waals surface area contributed by atoms with E-state index < -0.39 is 5.82 Å². The fourth-order valence-corrected chi connectivity index (χ4v) is 1.57. The van der Waals surface area contributed by atoms with Crippen LogP contribution in [-0.2, 0) is 0 Å². The van der Waals surface area contributed by atoms with Crippen molar-refractivity contribution in [2.24, 2.45) is 0 Å². The van der Waals surface area contributed by atoms with Crippen LogP contribution in [0.3, 0.4) is 0 Å². The summed E-state index contributed by atoms with van der Waals surface area (Å²) in [7, 11) is 0. The van der Waals surface area contributed by atoms with Crippen molar-refractivity contribution in [1.82, 2.24) is 0 Å². The number of fused-ring (bicyclic) bond motifs is 1. The molecule has 0 amide bonds. The van der Waals surface area contributed by atoms with Gasteiger partial charge in [-0.25, -0.2) is 4.39 Å². The maximum atomic E-state index is 13.3. The third kappa shape index (κ3) is 1.32. The van der Waals surface area contributed by atoms with Gasteiger partial charge in [-0.2, -0.15) is 0 Å². The van der Waals surface area contributed by atoms with E-state index in [1.807, 2.05) is 0 Å². The summed E-state index contributed by atoms with van der Waals surface area (Å²) < 4.78 is 18.6. The zero-order valence-corrected chi connectivity index (χ0v) is 7.90. The lowest BCUT2D eigenvalue weighted by molar-refractivity contribution is 0.112. The average molecular weight is 216 g/mol. The molecular formula is C9H7ClFNO2. The number of carbonyl (C=O) groups excluding carboxylic acids is 1. The zero-order chi connectivity index (χ0) is 10.1. The molecule has 74 valence electrons. The van der Waals surface area contributed by atoms with Gasteiger partial charge in [0.05, 0.1) is 16.3 Å². The summed E-state index contributed by atoms with van der Waals surface area (Å²) in [5.41, 5.74) is 0.306. The first-order valence-corrected chi connectivity index (χ1v) is 4.45. The number of halogens is 2. The van der Waals surface area contributed by atoms with Gasteiger partial charge in [0.1, 0.15) is 12.4 Å². The van der Waals surface area contributed by atoms with Crippen molar-refractivity contribution in [2.45, 2.75) is 0 Å². The van der Waals surface area contributed by atoms with Gasteiger partial charge >= 0.3 is 0 Å². The van der Waals surface area contributed by atoms with Crippen molar-refractivity contribution in [3.05, 3.63) is 22.5 Å². The molecule has 0 atom stereocenters. The number of benzene rings is 1. The molecule has 1 heterocycles. The van der Waals surface area contributed by atoms with Crippen molar-refractivity contribution in [2.75, 3.05) is 18.5 Å². The molecule has 0 spiro atoms. The highest BCUT2D eigenvalue weighted by molar-refractivity contribution is 6.31. The molecular weight excluding hydrogens is 209 g/mol. The summed E-state index contributed by atoms with van der Waals surface area (Å²) in [5, 5.41) is 2.79. The maximum absolute atomic E-state index is 13.3. The predicted octanol–water partition coefficient (Wildman–Crippen LogP) is 2.10. The lowest BCUT2D eigenvalue weighted by Crippen LogP contribution is -2.20. The van der Waals surface area contributed by atoms with Crippen LogP contribution in [0.15, 0.2) is 6.07 Å². The van der Waals surface area contributed by atoms with Crippen LogP contribution in [0.4, 0.5) is 10.1 Å². The Morgan fingerprint density at radius 1 is 1.64 bits per heavy atom. The molecule has 0 aromatic heterocycles. The maximum Gasteiger partial charge on any atom is 0.155 e. The van der Waals surface area contributed by atoms with Crippen LogP contribution in [0.2, 0.25) is 5.02 Å². The number of rotatable bonds is 1. The normalized spacial score (nSPS) is 13.9. The summed E-state index contributed by atoms with van der Waals surface area (Å²) in [4.78, 5) is 10.7. The van der Waals surface area contributed by atoms with Crippen LogP contribution >= 0.6 is 11.6 Å². The molecule has 0 radical (unpaired) electrons. The highest BCUT2D eigenvalue weighted by atomic mass is 35.5. The Morgan fingerprint density at radius 3 is 3.14 bits per heavy atom. The quantitative estimate of drug-likeness (QED) is 0.729. The van der Waals surface area contributed by atoms with Crippen molar-refractivity contribution < 1.29 is 13.9 Å². The van der Waals surface area contributed by atoms with Crippen molar-refractivity contribution >= 4 is 23.6 Å². The highest BCUT2D eigenvalue weighted by Gasteiger charge is 2.20. The summed E-state index contributed by atoms with van der Waals surface area (Å²) in [5.74, 6) is -0.289. The predicted molar refractivity (Wildman–Crippen MR) is 50.8 cm³/mol. The number of anilines is 1. The van der Waals surface area contributed by atoms with Crippen LogP contribution in [0, 0.1) is 5.82 Å². The smallest absolute Gasteiger partial charge is 0.155 e. The van der Waals surface area contributed by atoms with Gasteiger partial charge in [0.25, 0.3) is 0 Å². The first-order chi connectivity index (χ1) is 6.74. The van der Waals surface area contributed by atoms with E-state index in [4.69, 9.17) is 16.3 Å². The number of carbonyl (C=O) groups is 1. The number of hydrogen-bond donors (Lipinski definition) is 1. The molecule has 0 fully saturated rings. The highest BCUT2D eigenvalue weighted by Crippen LogP contribution is 2.35. The molecule has 3 nitrogen and oxygen atoms in total. The molecule has 5 heteroatoms. The third-order valence-corrected chi connectivity index (χ3v) is 2.27. The molecule has 1 N–H and O–H groups in total. The van der Waals surface area contributed by atoms with Crippen LogP contribution in [0.1, 0.15) is 10.4 Å². The van der Waals surface area contributed by atoms with E-state index in [1.165, 1.54) is 6.07 Å². The standard InChI is InChI=1S/C9H7ClFNO2/c10-6-3-7-9(12-1-2-14-7)5(4-13)8(6)11/h3-4,12H,1-2H2. The Bertz CT molecular complexity index is 395. The molecule has 1 aliphatic heterocycles. The van der Waals surface area contributed by atoms with Crippen LogP contribution < -0.4 is 10.1 Å². The molecule has 0 saturated carbocycles. The van der Waals surface area contributed by atoms with Crippen molar-refractivity contribution in [1.29, 1.82) is 0 Å². The lowest BCUT2D eigenvalue weighted by Gasteiger charge is -2.21. The van der Waals surface area contributed by atoms with Crippen LogP contribution in [-0.4, -0.2) is 19.4 Å². The van der Waals surface area contributed by atoms with E-state index in [1.54, 1.807) is 0 Å². The topological polar surface area (TPSA) is 38.3 Å². The number of nitrogens with one attached hydrogen (secondary N) is 1. The van der Waals surface area contributed by atoms with Gasteiger partial charge in [0.15, 0.2) is 12.1 Å². The molecule has 2 rings (SSSR count). The second-order valence-electron chi connectivity index (χ2n) is 2.85. The van der Waals surface area contributed by atoms with Gasteiger partial charge in [-0.05, 0) is 0 Å². The van der Waals surface area contributed by atoms with E-state index in [0.717, 1.165) is 0 Å². The number of aldehydes is 1. The number of hydrogen-bond acceptors (Lipinski definition) is 3. The molecule has 1 aromatic carbocycles. The van der Waals surface area contributed by atoms with Crippen molar-refractivity contribution in [3.8, 4) is 5.75 Å². The minimum absolute atomic E-state index is 0.0767. The van der Waals surface area contributed by atoms with Crippen LogP contribution in [0.5, 0.6) is 5.75 Å². The van der Waals surface area contributed by atoms with Crippen LogP contribution in [0.25, 0.3) is 0 Å². The Labute approximate surface area is 84.8 Å². The molecule has 0 aliphatic carbocycles. The summed E-state index contributed by atoms with van der Waals surface area (Å²) in [6, 6.07) is 1.37. The second-order valence-corrected chi connectivity index (χ2v) is 3.26. The largest absolute Gasteiger partial charge is 0.490 e. The summed E-state index contributed by atoms with van der Waals surface area (Å²) in [6.45, 7) is 1.03. The minimum Gasteiger partial charge on any atom is -0.490 e. The minimum atomic E-state index is -0.710. The van der Waals surface area contributed by atoms with E-state index in [9.17, 15) is 9.18 Å². The Kier molecular flexibility index (Phi) is 2.29. The first-order valence-electron chi connectivity index (χ1n) is 4.08. The lowest BCUT2D eigenvalue weighted by atomic mass is 10.1. The fourth-order valence-electron chi connectivity index (χ4n) is 1.37. The number of ether oxygens (including phenoxy) is 1. The van der Waals surface area contributed by atoms with Gasteiger partial charge in [-0.3, -0.25) is 4.79 Å². The fraction of sp³-hybridized carbons (Fsp3) is 0.222. The monoisotopic (exact) mass is 215 g/mol. The second kappa shape index (κ2) is 3.46. The van der Waals surface area contributed by atoms with Gasteiger partial charge in [0, 0.05) is 12.6 Å². The third-order valence-electron chi connectivity index (χ3n) is 2.00. The molecule has 14 heavy (non-hydrogen) atoms. The summed E-state index contributed by atoms with van der Waals surface area (Å²) >= 11 is 5.59. The van der Waals surface area contributed by atoms with Gasteiger partial charge in [-0.15, -0.1) is 0 Å². The summed E-state index contributed by atoms with van der Waals surface area (Å²) in [6.07, 6.45) is 0.432. The molecule has 0 bridgehead atoms. The average Bonchev–Trinajstić information content (AvgIpc) is 2.20. The molecule has 1 aromatic rings. The van der Waals surface area contributed by atoms with Crippen molar-refractivity contribution in [3.63, 3.8) is 0 Å². The first kappa shape index (κ1) is 9.27. The molecule has 1 aliphatic rings. The Morgan fingerprint density at radius 2 is 2.43 bits per heavy atom. The molecule has 0 unspecified atom stereocenters. The molecule has 0 saturated heterocycles. The van der Waals surface area contributed by atoms with Gasteiger partial charge in [0.2, 0.25) is 0 Å². The Balaban J connectivity index is 2.65. The van der Waals surface area contributed by atoms with E-state index >= 15 is 0 Å².